The Kier molecular flexibility index (Phi) is 9.58. The predicted octanol–water partition coefficient (Wildman–Crippen LogP) is 6.86. The van der Waals surface area contributed by atoms with Gasteiger partial charge in [-0.15, -0.1) is 0 Å². The predicted molar refractivity (Wildman–Crippen MR) is 171 cm³/mol. The summed E-state index contributed by atoms with van der Waals surface area (Å²) in [5.41, 5.74) is 4.63. The SMILES string of the molecule is O=C(OCCN(Cc1ccccc1)Cc1ccccc1)N1CCC(n2c(=O)n(CC3CCCCC3)c3ccccc32)CC1. The molecule has 0 bridgehead atoms. The fourth-order valence-corrected chi connectivity index (χ4v) is 6.95. The van der Waals surface area contributed by atoms with Crippen LogP contribution in [0.5, 0.6) is 0 Å². The molecule has 1 aliphatic heterocycles. The average Bonchev–Trinajstić information content (AvgIpc) is 3.33. The Morgan fingerprint density at radius 3 is 1.95 bits per heavy atom. The zero-order valence-corrected chi connectivity index (χ0v) is 25.2. The second kappa shape index (κ2) is 14.1. The van der Waals surface area contributed by atoms with Crippen LogP contribution in [0, 0.1) is 5.92 Å². The molecule has 2 fully saturated rings. The Labute approximate surface area is 254 Å². The van der Waals surface area contributed by atoms with Crippen molar-refractivity contribution in [1.82, 2.24) is 18.9 Å². The summed E-state index contributed by atoms with van der Waals surface area (Å²) >= 11 is 0. The molecule has 0 radical (unpaired) electrons. The van der Waals surface area contributed by atoms with Crippen molar-refractivity contribution in [3.63, 3.8) is 0 Å². The summed E-state index contributed by atoms with van der Waals surface area (Å²) in [6, 6.07) is 29.1. The van der Waals surface area contributed by atoms with Crippen LogP contribution >= 0.6 is 0 Å². The molecule has 4 aromatic rings. The molecule has 7 heteroatoms. The molecular formula is C36H44N4O3. The summed E-state index contributed by atoms with van der Waals surface area (Å²) in [4.78, 5) is 30.9. The van der Waals surface area contributed by atoms with Crippen molar-refractivity contribution in [2.75, 3.05) is 26.2 Å². The summed E-state index contributed by atoms with van der Waals surface area (Å²) in [7, 11) is 0. The number of likely N-dealkylation sites (tertiary alicyclic amines) is 1. The van der Waals surface area contributed by atoms with Crippen molar-refractivity contribution >= 4 is 17.1 Å². The lowest BCUT2D eigenvalue weighted by atomic mass is 9.89. The van der Waals surface area contributed by atoms with Crippen LogP contribution in [-0.4, -0.2) is 51.3 Å². The van der Waals surface area contributed by atoms with E-state index in [0.29, 0.717) is 32.2 Å². The molecule has 0 unspecified atom stereocenters. The smallest absolute Gasteiger partial charge is 0.409 e. The Bertz CT molecular complexity index is 1480. The highest BCUT2D eigenvalue weighted by molar-refractivity contribution is 5.76. The molecule has 2 aliphatic rings. The molecule has 1 aromatic heterocycles. The molecule has 6 rings (SSSR count). The van der Waals surface area contributed by atoms with Gasteiger partial charge in [-0.25, -0.2) is 9.59 Å². The Morgan fingerprint density at radius 2 is 1.33 bits per heavy atom. The highest BCUT2D eigenvalue weighted by atomic mass is 16.6. The minimum atomic E-state index is -0.259. The van der Waals surface area contributed by atoms with Crippen molar-refractivity contribution in [3.8, 4) is 0 Å². The van der Waals surface area contributed by atoms with Crippen molar-refractivity contribution < 1.29 is 9.53 Å². The van der Waals surface area contributed by atoms with Gasteiger partial charge >= 0.3 is 11.8 Å². The largest absolute Gasteiger partial charge is 0.448 e. The summed E-state index contributed by atoms with van der Waals surface area (Å²) in [5.74, 6) is 0.582. The van der Waals surface area contributed by atoms with E-state index in [1.807, 2.05) is 38.3 Å². The van der Waals surface area contributed by atoms with E-state index in [4.69, 9.17) is 4.74 Å². The van der Waals surface area contributed by atoms with Crippen molar-refractivity contribution in [1.29, 1.82) is 0 Å². The maximum absolute atomic E-state index is 13.8. The summed E-state index contributed by atoms with van der Waals surface area (Å²) in [6.45, 7) is 4.58. The van der Waals surface area contributed by atoms with E-state index >= 15 is 0 Å². The number of ether oxygens (including phenoxy) is 1. The third-order valence-corrected chi connectivity index (χ3v) is 9.25. The zero-order chi connectivity index (χ0) is 29.4. The number of fused-ring (bicyclic) bond motifs is 1. The third kappa shape index (κ3) is 7.21. The van der Waals surface area contributed by atoms with Crippen LogP contribution in [0.15, 0.2) is 89.7 Å². The fourth-order valence-electron chi connectivity index (χ4n) is 6.95. The number of carbonyl (C=O) groups excluding carboxylic acids is 1. The number of hydrogen-bond acceptors (Lipinski definition) is 4. The Balaban J connectivity index is 1.05. The molecular weight excluding hydrogens is 536 g/mol. The van der Waals surface area contributed by atoms with Crippen LogP contribution in [0.2, 0.25) is 0 Å². The van der Waals surface area contributed by atoms with Gasteiger partial charge in [-0.3, -0.25) is 14.0 Å². The van der Waals surface area contributed by atoms with E-state index in [9.17, 15) is 9.59 Å². The monoisotopic (exact) mass is 580 g/mol. The number of carbonyl (C=O) groups is 1. The number of benzene rings is 3. The molecule has 43 heavy (non-hydrogen) atoms. The number of hydrogen-bond donors (Lipinski definition) is 0. The molecule has 3 aromatic carbocycles. The summed E-state index contributed by atoms with van der Waals surface area (Å²) < 4.78 is 9.81. The highest BCUT2D eigenvalue weighted by Crippen LogP contribution is 2.29. The van der Waals surface area contributed by atoms with E-state index in [-0.39, 0.29) is 17.8 Å². The van der Waals surface area contributed by atoms with Crippen LogP contribution in [0.3, 0.4) is 0 Å². The number of rotatable bonds is 10. The van der Waals surface area contributed by atoms with Crippen LogP contribution in [0.4, 0.5) is 4.79 Å². The maximum Gasteiger partial charge on any atom is 0.409 e. The molecule has 0 spiro atoms. The van der Waals surface area contributed by atoms with Crippen LogP contribution in [-0.2, 0) is 24.4 Å². The molecule has 1 amide bonds. The third-order valence-electron chi connectivity index (χ3n) is 9.25. The summed E-state index contributed by atoms with van der Waals surface area (Å²) in [6.07, 6.45) is 7.51. The van der Waals surface area contributed by atoms with Crippen LogP contribution < -0.4 is 5.69 Å². The van der Waals surface area contributed by atoms with Gasteiger partial charge in [0.25, 0.3) is 0 Å². The van der Waals surface area contributed by atoms with Gasteiger partial charge in [0.1, 0.15) is 6.61 Å². The van der Waals surface area contributed by atoms with E-state index in [1.165, 1.54) is 43.2 Å². The Hall–Kier alpha value is -3.84. The maximum atomic E-state index is 13.8. The van der Waals surface area contributed by atoms with E-state index in [0.717, 1.165) is 43.5 Å². The number of nitrogens with zero attached hydrogens (tertiary/aromatic N) is 4. The summed E-state index contributed by atoms with van der Waals surface area (Å²) in [5, 5.41) is 0. The van der Waals surface area contributed by atoms with Gasteiger partial charge < -0.3 is 9.64 Å². The standard InChI is InChI=1S/C36H44N4O3/c41-35-39(28-31-16-8-3-9-17-31)33-18-10-11-19-34(33)40(35)32-20-22-38(23-21-32)36(42)43-25-24-37(26-29-12-4-1-5-13-29)27-30-14-6-2-7-15-30/h1-2,4-7,10-15,18-19,31-32H,3,8-9,16-17,20-28H2. The van der Waals surface area contributed by atoms with Crippen molar-refractivity contribution in [2.45, 2.75) is 70.6 Å². The minimum absolute atomic E-state index is 0.0845. The zero-order valence-electron chi connectivity index (χ0n) is 25.2. The molecule has 7 nitrogen and oxygen atoms in total. The lowest BCUT2D eigenvalue weighted by molar-refractivity contribution is 0.0769. The lowest BCUT2D eigenvalue weighted by Crippen LogP contribution is -2.42. The van der Waals surface area contributed by atoms with Gasteiger partial charge in [0.05, 0.1) is 11.0 Å². The second-order valence-electron chi connectivity index (χ2n) is 12.3. The minimum Gasteiger partial charge on any atom is -0.448 e. The fraction of sp³-hybridized carbons (Fsp3) is 0.444. The molecule has 1 saturated heterocycles. The van der Waals surface area contributed by atoms with Gasteiger partial charge in [-0.1, -0.05) is 92.1 Å². The van der Waals surface area contributed by atoms with Gasteiger partial charge in [0, 0.05) is 45.3 Å². The molecule has 0 atom stereocenters. The van der Waals surface area contributed by atoms with E-state index in [2.05, 4.69) is 65.6 Å². The van der Waals surface area contributed by atoms with Gasteiger partial charge in [-0.05, 0) is 54.9 Å². The van der Waals surface area contributed by atoms with Crippen LogP contribution in [0.1, 0.15) is 62.1 Å². The van der Waals surface area contributed by atoms with Crippen molar-refractivity contribution in [2.24, 2.45) is 5.92 Å². The molecule has 2 heterocycles. The molecule has 0 N–H and O–H groups in total. The van der Waals surface area contributed by atoms with E-state index < -0.39 is 0 Å². The second-order valence-corrected chi connectivity index (χ2v) is 12.3. The van der Waals surface area contributed by atoms with Gasteiger partial charge in [0.15, 0.2) is 0 Å². The number of aromatic nitrogens is 2. The highest BCUT2D eigenvalue weighted by Gasteiger charge is 2.28. The first-order valence-electron chi connectivity index (χ1n) is 16.1. The Morgan fingerprint density at radius 1 is 0.744 bits per heavy atom. The topological polar surface area (TPSA) is 59.7 Å². The van der Waals surface area contributed by atoms with Crippen molar-refractivity contribution in [3.05, 3.63) is 107 Å². The first-order valence-corrected chi connectivity index (χ1v) is 16.1. The number of amides is 1. The van der Waals surface area contributed by atoms with Gasteiger partial charge in [0.2, 0.25) is 0 Å². The number of imidazole rings is 1. The molecule has 1 aliphatic carbocycles. The average molecular weight is 581 g/mol. The van der Waals surface area contributed by atoms with Crippen LogP contribution in [0.25, 0.3) is 11.0 Å². The number of para-hydroxylation sites is 2. The first kappa shape index (κ1) is 29.2. The first-order chi connectivity index (χ1) is 21.2. The lowest BCUT2D eigenvalue weighted by Gasteiger charge is -2.32. The quantitative estimate of drug-likeness (QED) is 0.206. The number of piperidine rings is 1. The normalized spacial score (nSPS) is 16.6. The molecule has 226 valence electrons. The van der Waals surface area contributed by atoms with E-state index in [1.54, 1.807) is 0 Å². The van der Waals surface area contributed by atoms with Gasteiger partial charge in [-0.2, -0.15) is 0 Å². The molecule has 1 saturated carbocycles.